The second kappa shape index (κ2) is 10.1. The van der Waals surface area contributed by atoms with Crippen molar-refractivity contribution in [2.75, 3.05) is 0 Å². The summed E-state index contributed by atoms with van der Waals surface area (Å²) >= 11 is 0. The van der Waals surface area contributed by atoms with Crippen molar-refractivity contribution >= 4 is 12.3 Å². The summed E-state index contributed by atoms with van der Waals surface area (Å²) in [5, 5.41) is 8.08. The molecule has 0 aromatic rings. The largest absolute Gasteiger partial charge is 0.481 e. The second-order valence-electron chi connectivity index (χ2n) is 2.95. The van der Waals surface area contributed by atoms with E-state index in [0.29, 0.717) is 6.42 Å². The van der Waals surface area contributed by atoms with Crippen LogP contribution in [0.2, 0.25) is 0 Å². The molecule has 0 atom stereocenters. The van der Waals surface area contributed by atoms with Crippen LogP contribution >= 0.6 is 0 Å². The number of hydrogen-bond acceptors (Lipinski definition) is 2. The summed E-state index contributed by atoms with van der Waals surface area (Å²) in [7, 11) is 0. The van der Waals surface area contributed by atoms with Crippen LogP contribution in [0, 0.1) is 5.92 Å². The Kier molecular flexibility index (Phi) is 11.6. The van der Waals surface area contributed by atoms with E-state index < -0.39 is 5.97 Å². The third-order valence-corrected chi connectivity index (χ3v) is 0.989. The Balaban J connectivity index is 0. The van der Waals surface area contributed by atoms with Gasteiger partial charge in [0.1, 0.15) is 6.29 Å². The molecule has 0 saturated carbocycles. The molecule has 3 heteroatoms. The van der Waals surface area contributed by atoms with Crippen LogP contribution < -0.4 is 0 Å². The molecule has 0 radical (unpaired) electrons. The molecule has 0 aliphatic rings. The molecule has 0 saturated heterocycles. The van der Waals surface area contributed by atoms with Crippen LogP contribution in [-0.2, 0) is 9.59 Å². The number of rotatable bonds is 4. The highest BCUT2D eigenvalue weighted by Gasteiger charge is 1.98. The molecule has 0 aliphatic carbocycles. The highest BCUT2D eigenvalue weighted by atomic mass is 16.4. The second-order valence-corrected chi connectivity index (χ2v) is 2.95. The quantitative estimate of drug-likeness (QED) is 0.664. The summed E-state index contributed by atoms with van der Waals surface area (Å²) < 4.78 is 0. The Hall–Kier alpha value is -0.860. The first kappa shape index (κ1) is 13.7. The number of unbranched alkanes of at least 4 members (excludes halogenated alkanes) is 1. The zero-order valence-electron chi connectivity index (χ0n) is 8.04. The summed E-state index contributed by atoms with van der Waals surface area (Å²) in [6, 6.07) is 0. The minimum absolute atomic E-state index is 0.275. The van der Waals surface area contributed by atoms with Gasteiger partial charge in [0.05, 0.1) is 0 Å². The lowest BCUT2D eigenvalue weighted by Gasteiger charge is -1.94. The molecule has 0 spiro atoms. The van der Waals surface area contributed by atoms with E-state index in [2.05, 4.69) is 0 Å². The number of hydrogen-bond donors (Lipinski definition) is 1. The first-order valence-corrected chi connectivity index (χ1v) is 4.20. The van der Waals surface area contributed by atoms with Gasteiger partial charge in [-0.25, -0.2) is 0 Å². The predicted molar refractivity (Wildman–Crippen MR) is 48.1 cm³/mol. The monoisotopic (exact) mass is 174 g/mol. The molecule has 3 nitrogen and oxygen atoms in total. The van der Waals surface area contributed by atoms with E-state index >= 15 is 0 Å². The third kappa shape index (κ3) is 22.9. The van der Waals surface area contributed by atoms with Crippen molar-refractivity contribution < 1.29 is 14.7 Å². The van der Waals surface area contributed by atoms with Gasteiger partial charge in [-0.05, 0) is 12.3 Å². The van der Waals surface area contributed by atoms with E-state index in [1.165, 1.54) is 0 Å². The molecular weight excluding hydrogens is 156 g/mol. The number of carbonyl (C=O) groups excluding carboxylic acids is 1. The number of aldehydes is 1. The molecule has 72 valence electrons. The highest BCUT2D eigenvalue weighted by molar-refractivity contribution is 5.66. The molecule has 0 unspecified atom stereocenters. The van der Waals surface area contributed by atoms with Crippen LogP contribution in [0.3, 0.4) is 0 Å². The minimum atomic E-state index is -0.713. The Labute approximate surface area is 73.8 Å². The molecule has 0 fully saturated rings. The van der Waals surface area contributed by atoms with Crippen LogP contribution in [-0.4, -0.2) is 17.4 Å². The predicted octanol–water partition coefficient (Wildman–Crippen LogP) is 2.10. The van der Waals surface area contributed by atoms with E-state index in [-0.39, 0.29) is 12.3 Å². The molecule has 0 heterocycles. The van der Waals surface area contributed by atoms with Gasteiger partial charge in [-0.15, -0.1) is 0 Å². The van der Waals surface area contributed by atoms with Crippen LogP contribution in [0.15, 0.2) is 0 Å². The molecule has 0 aromatic heterocycles. The summed E-state index contributed by atoms with van der Waals surface area (Å²) in [4.78, 5) is 19.2. The first-order valence-electron chi connectivity index (χ1n) is 4.20. The molecule has 0 rings (SSSR count). The maximum atomic E-state index is 9.81. The number of carboxylic acid groups (broad SMARTS) is 1. The molecule has 12 heavy (non-hydrogen) atoms. The summed E-state index contributed by atoms with van der Waals surface area (Å²) in [6.45, 7) is 5.75. The maximum Gasteiger partial charge on any atom is 0.303 e. The van der Waals surface area contributed by atoms with E-state index in [9.17, 15) is 9.59 Å². The summed E-state index contributed by atoms with van der Waals surface area (Å²) in [6.07, 6.45) is 2.89. The highest BCUT2D eigenvalue weighted by Crippen LogP contribution is 1.96. The fourth-order valence-corrected chi connectivity index (χ4v) is 0.467. The Bertz CT molecular complexity index is 119. The van der Waals surface area contributed by atoms with Crippen molar-refractivity contribution in [3.05, 3.63) is 0 Å². The van der Waals surface area contributed by atoms with Gasteiger partial charge in [-0.1, -0.05) is 20.8 Å². The molecular formula is C9H18O3. The number of carbonyl (C=O) groups is 2. The van der Waals surface area contributed by atoms with Gasteiger partial charge in [-0.3, -0.25) is 4.79 Å². The van der Waals surface area contributed by atoms with Crippen LogP contribution in [0.5, 0.6) is 0 Å². The van der Waals surface area contributed by atoms with Gasteiger partial charge in [0.2, 0.25) is 0 Å². The molecule has 0 aromatic carbocycles. The van der Waals surface area contributed by atoms with Gasteiger partial charge in [0.25, 0.3) is 0 Å². The molecule has 0 amide bonds. The Morgan fingerprint density at radius 2 is 2.00 bits per heavy atom. The zero-order valence-corrected chi connectivity index (χ0v) is 8.04. The maximum absolute atomic E-state index is 9.81. The fourth-order valence-electron chi connectivity index (χ4n) is 0.467. The molecule has 1 N–H and O–H groups in total. The first-order chi connectivity index (χ1) is 5.54. The third-order valence-electron chi connectivity index (χ3n) is 0.989. The fraction of sp³-hybridized carbons (Fsp3) is 0.778. The smallest absolute Gasteiger partial charge is 0.303 e. The van der Waals surface area contributed by atoms with E-state index in [4.69, 9.17) is 5.11 Å². The summed E-state index contributed by atoms with van der Waals surface area (Å²) in [5.41, 5.74) is 0. The summed E-state index contributed by atoms with van der Waals surface area (Å²) in [5.74, 6) is -0.438. The standard InChI is InChI=1S/C5H10O2.C4H8O/c1-4(2)3-5(6)7;1-2-3-4-5/h4H,3H2,1-2H3,(H,6,7);4H,2-3H2,1H3. The van der Waals surface area contributed by atoms with Crippen LogP contribution in [0.25, 0.3) is 0 Å². The van der Waals surface area contributed by atoms with Crippen molar-refractivity contribution in [3.63, 3.8) is 0 Å². The van der Waals surface area contributed by atoms with Gasteiger partial charge >= 0.3 is 5.97 Å². The van der Waals surface area contributed by atoms with Crippen LogP contribution in [0.1, 0.15) is 40.0 Å². The lowest BCUT2D eigenvalue weighted by Crippen LogP contribution is -1.99. The molecule has 0 aliphatic heterocycles. The van der Waals surface area contributed by atoms with E-state index in [1.807, 2.05) is 20.8 Å². The normalized spacial score (nSPS) is 8.67. The van der Waals surface area contributed by atoms with Gasteiger partial charge in [0.15, 0.2) is 0 Å². The van der Waals surface area contributed by atoms with Crippen molar-refractivity contribution in [1.29, 1.82) is 0 Å². The van der Waals surface area contributed by atoms with Gasteiger partial charge < -0.3 is 9.90 Å². The van der Waals surface area contributed by atoms with E-state index in [0.717, 1.165) is 12.7 Å². The minimum Gasteiger partial charge on any atom is -0.481 e. The van der Waals surface area contributed by atoms with Gasteiger partial charge in [-0.2, -0.15) is 0 Å². The average Bonchev–Trinajstić information content (AvgIpc) is 1.87. The van der Waals surface area contributed by atoms with Crippen molar-refractivity contribution in [1.82, 2.24) is 0 Å². The number of carboxylic acids is 1. The van der Waals surface area contributed by atoms with Crippen molar-refractivity contribution in [2.24, 2.45) is 5.92 Å². The van der Waals surface area contributed by atoms with E-state index in [1.54, 1.807) is 0 Å². The SMILES string of the molecule is CC(C)CC(=O)O.CCCC=O. The van der Waals surface area contributed by atoms with Crippen LogP contribution in [0.4, 0.5) is 0 Å². The Morgan fingerprint density at radius 1 is 1.50 bits per heavy atom. The van der Waals surface area contributed by atoms with Crippen molar-refractivity contribution in [2.45, 2.75) is 40.0 Å². The lowest BCUT2D eigenvalue weighted by molar-refractivity contribution is -0.137. The molecule has 0 bridgehead atoms. The van der Waals surface area contributed by atoms with Crippen molar-refractivity contribution in [3.8, 4) is 0 Å². The lowest BCUT2D eigenvalue weighted by atomic mass is 10.1. The average molecular weight is 174 g/mol. The topological polar surface area (TPSA) is 54.4 Å². The number of aliphatic carboxylic acids is 1. The Morgan fingerprint density at radius 3 is 2.00 bits per heavy atom. The zero-order chi connectivity index (χ0) is 9.98. The van der Waals surface area contributed by atoms with Gasteiger partial charge in [0, 0.05) is 12.8 Å².